The molecule has 0 atom stereocenters. The maximum absolute atomic E-state index is 6.16. The van der Waals surface area contributed by atoms with Crippen molar-refractivity contribution in [2.75, 3.05) is 25.5 Å². The number of aromatic nitrogens is 3. The van der Waals surface area contributed by atoms with Crippen LogP contribution >= 0.6 is 0 Å². The van der Waals surface area contributed by atoms with Crippen molar-refractivity contribution in [1.82, 2.24) is 20.0 Å². The number of rotatable bonds is 10. The number of hydrogen-bond donors (Lipinski definition) is 2. The normalized spacial score (nSPS) is 11.2. The molecule has 0 unspecified atom stereocenters. The molecule has 0 aliphatic carbocycles. The summed E-state index contributed by atoms with van der Waals surface area (Å²) in [6.07, 6.45) is 1.90. The summed E-state index contributed by atoms with van der Waals surface area (Å²) in [6, 6.07) is 7.86. The van der Waals surface area contributed by atoms with Gasteiger partial charge in [0.05, 0.1) is 5.52 Å². The third-order valence-electron chi connectivity index (χ3n) is 4.20. The largest absolute Gasteiger partial charge is 0.412 e. The van der Waals surface area contributed by atoms with Gasteiger partial charge in [-0.25, -0.2) is 9.97 Å². The predicted octanol–water partition coefficient (Wildman–Crippen LogP) is 3.04. The van der Waals surface area contributed by atoms with Crippen molar-refractivity contribution in [1.29, 1.82) is 0 Å². The number of anilines is 1. The third-order valence-corrected chi connectivity index (χ3v) is 4.20. The fourth-order valence-electron chi connectivity index (χ4n) is 2.93. The Morgan fingerprint density at radius 2 is 2.07 bits per heavy atom. The number of fused-ring (bicyclic) bond motifs is 3. The highest BCUT2D eigenvalue weighted by Crippen LogP contribution is 2.28. The molecule has 0 saturated heterocycles. The molecule has 7 nitrogen and oxygen atoms in total. The summed E-state index contributed by atoms with van der Waals surface area (Å²) in [5.41, 5.74) is 9.44. The molecule has 0 bridgehead atoms. The Bertz CT molecular complexity index is 935. The lowest BCUT2D eigenvalue weighted by molar-refractivity contribution is 0.0746. The second kappa shape index (κ2) is 8.73. The van der Waals surface area contributed by atoms with Crippen LogP contribution in [0.1, 0.15) is 32.5 Å². The number of para-hydroxylation sites is 1. The molecule has 0 spiro atoms. The predicted molar refractivity (Wildman–Crippen MR) is 108 cm³/mol. The van der Waals surface area contributed by atoms with Crippen LogP contribution in [0.5, 0.6) is 0 Å². The zero-order valence-electron chi connectivity index (χ0n) is 16.0. The average molecular weight is 369 g/mol. The minimum Gasteiger partial charge on any atom is -0.412 e. The van der Waals surface area contributed by atoms with Crippen molar-refractivity contribution in [2.45, 2.75) is 33.3 Å². The van der Waals surface area contributed by atoms with E-state index in [0.717, 1.165) is 41.5 Å². The SMILES string of the molecule is C=C(C)NCCCCOn1c(COCC)nc2c(N)nc3ccccc3c21. The Morgan fingerprint density at radius 1 is 1.26 bits per heavy atom. The van der Waals surface area contributed by atoms with E-state index in [0.29, 0.717) is 37.0 Å². The number of hydrogen-bond acceptors (Lipinski definition) is 6. The van der Waals surface area contributed by atoms with Crippen LogP contribution in [0.2, 0.25) is 0 Å². The molecule has 3 rings (SSSR count). The van der Waals surface area contributed by atoms with Gasteiger partial charge in [-0.1, -0.05) is 24.8 Å². The van der Waals surface area contributed by atoms with Crippen LogP contribution in [0, 0.1) is 0 Å². The summed E-state index contributed by atoms with van der Waals surface area (Å²) in [6.45, 7) is 10.2. The molecule has 7 heteroatoms. The molecule has 1 aromatic carbocycles. The van der Waals surface area contributed by atoms with Gasteiger partial charge < -0.3 is 20.6 Å². The van der Waals surface area contributed by atoms with E-state index in [1.165, 1.54) is 0 Å². The maximum Gasteiger partial charge on any atom is 0.172 e. The molecule has 0 saturated carbocycles. The number of benzene rings is 1. The number of nitrogens with two attached hydrogens (primary N) is 1. The lowest BCUT2D eigenvalue weighted by atomic mass is 10.2. The van der Waals surface area contributed by atoms with Gasteiger partial charge in [0.1, 0.15) is 24.2 Å². The van der Waals surface area contributed by atoms with Crippen LogP contribution in [-0.2, 0) is 11.3 Å². The van der Waals surface area contributed by atoms with E-state index in [2.05, 4.69) is 21.9 Å². The van der Waals surface area contributed by atoms with E-state index >= 15 is 0 Å². The number of unbranched alkanes of at least 4 members (excludes halogenated alkanes) is 1. The lowest BCUT2D eigenvalue weighted by Gasteiger charge is -2.12. The molecule has 0 aliphatic rings. The fourth-order valence-corrected chi connectivity index (χ4v) is 2.93. The maximum atomic E-state index is 6.16. The summed E-state index contributed by atoms with van der Waals surface area (Å²) < 4.78 is 7.33. The smallest absolute Gasteiger partial charge is 0.172 e. The molecule has 0 amide bonds. The minimum atomic E-state index is 0.357. The molecular weight excluding hydrogens is 342 g/mol. The van der Waals surface area contributed by atoms with Gasteiger partial charge >= 0.3 is 0 Å². The summed E-state index contributed by atoms with van der Waals surface area (Å²) in [7, 11) is 0. The van der Waals surface area contributed by atoms with Gasteiger partial charge in [-0.2, -0.15) is 4.73 Å². The Morgan fingerprint density at radius 3 is 2.85 bits per heavy atom. The second-order valence-corrected chi connectivity index (χ2v) is 6.42. The summed E-state index contributed by atoms with van der Waals surface area (Å²) in [4.78, 5) is 15.2. The topological polar surface area (TPSA) is 87.2 Å². The molecule has 0 radical (unpaired) electrons. The molecule has 0 fully saturated rings. The molecule has 3 aromatic rings. The Kier molecular flexibility index (Phi) is 6.13. The van der Waals surface area contributed by atoms with Crippen molar-refractivity contribution in [3.8, 4) is 0 Å². The lowest BCUT2D eigenvalue weighted by Crippen LogP contribution is -2.18. The zero-order valence-corrected chi connectivity index (χ0v) is 16.0. The van der Waals surface area contributed by atoms with Gasteiger partial charge in [0, 0.05) is 24.2 Å². The highest BCUT2D eigenvalue weighted by atomic mass is 16.7. The van der Waals surface area contributed by atoms with Crippen LogP contribution in [0.25, 0.3) is 21.9 Å². The van der Waals surface area contributed by atoms with Crippen LogP contribution in [0.15, 0.2) is 36.5 Å². The monoisotopic (exact) mass is 369 g/mol. The molecule has 3 N–H and O–H groups in total. The Hall–Kier alpha value is -2.80. The van der Waals surface area contributed by atoms with E-state index in [1.807, 2.05) is 38.1 Å². The van der Waals surface area contributed by atoms with Gasteiger partial charge in [-0.3, -0.25) is 0 Å². The molecule has 2 aromatic heterocycles. The standard InChI is InChI=1S/C20H27N5O2/c1-4-26-13-17-24-18-19(15-9-5-6-10-16(15)23-20(18)21)25(17)27-12-8-7-11-22-14(2)3/h5-6,9-10,22H,2,4,7-8,11-13H2,1,3H3,(H2,21,23). The highest BCUT2D eigenvalue weighted by Gasteiger charge is 2.18. The minimum absolute atomic E-state index is 0.357. The van der Waals surface area contributed by atoms with Crippen LogP contribution in [-0.4, -0.2) is 34.5 Å². The first-order valence-corrected chi connectivity index (χ1v) is 9.27. The molecular formula is C20H27N5O2. The van der Waals surface area contributed by atoms with Crippen molar-refractivity contribution in [3.63, 3.8) is 0 Å². The molecule has 144 valence electrons. The highest BCUT2D eigenvalue weighted by molar-refractivity contribution is 6.06. The first-order valence-electron chi connectivity index (χ1n) is 9.27. The van der Waals surface area contributed by atoms with E-state index < -0.39 is 0 Å². The number of allylic oxidation sites excluding steroid dienone is 1. The quantitative estimate of drug-likeness (QED) is 0.534. The number of nitrogens with zero attached hydrogens (tertiary/aromatic N) is 3. The van der Waals surface area contributed by atoms with Gasteiger partial charge in [0.2, 0.25) is 0 Å². The van der Waals surface area contributed by atoms with Crippen molar-refractivity contribution in [3.05, 3.63) is 42.4 Å². The number of pyridine rings is 1. The Balaban J connectivity index is 1.89. The van der Waals surface area contributed by atoms with Gasteiger partial charge in [0.25, 0.3) is 0 Å². The molecule has 2 heterocycles. The zero-order chi connectivity index (χ0) is 19.2. The number of nitrogens with one attached hydrogen (secondary N) is 1. The number of ether oxygens (including phenoxy) is 1. The van der Waals surface area contributed by atoms with E-state index in [-0.39, 0.29) is 0 Å². The van der Waals surface area contributed by atoms with Crippen LogP contribution in [0.4, 0.5) is 5.82 Å². The molecule has 27 heavy (non-hydrogen) atoms. The average Bonchev–Trinajstić information content (AvgIpc) is 3.02. The first kappa shape index (κ1) is 19.0. The first-order chi connectivity index (χ1) is 13.1. The number of nitrogen functional groups attached to an aromatic ring is 1. The summed E-state index contributed by atoms with van der Waals surface area (Å²) in [5.74, 6) is 1.09. The van der Waals surface area contributed by atoms with E-state index in [1.54, 1.807) is 4.73 Å². The van der Waals surface area contributed by atoms with Gasteiger partial charge in [0.15, 0.2) is 11.6 Å². The Labute approximate surface area is 159 Å². The van der Waals surface area contributed by atoms with Crippen molar-refractivity contribution < 1.29 is 9.57 Å². The molecule has 0 aliphatic heterocycles. The van der Waals surface area contributed by atoms with Crippen LogP contribution < -0.4 is 15.9 Å². The van der Waals surface area contributed by atoms with Crippen molar-refractivity contribution >= 4 is 27.8 Å². The van der Waals surface area contributed by atoms with E-state index in [9.17, 15) is 0 Å². The van der Waals surface area contributed by atoms with E-state index in [4.69, 9.17) is 15.3 Å². The van der Waals surface area contributed by atoms with Crippen LogP contribution in [0.3, 0.4) is 0 Å². The van der Waals surface area contributed by atoms with Gasteiger partial charge in [-0.15, -0.1) is 0 Å². The third kappa shape index (κ3) is 4.31. The van der Waals surface area contributed by atoms with Gasteiger partial charge in [-0.05, 0) is 32.8 Å². The summed E-state index contributed by atoms with van der Waals surface area (Å²) in [5, 5.41) is 4.18. The fraction of sp³-hybridized carbons (Fsp3) is 0.400. The summed E-state index contributed by atoms with van der Waals surface area (Å²) >= 11 is 0. The second-order valence-electron chi connectivity index (χ2n) is 6.42. The number of imidazole rings is 1. The van der Waals surface area contributed by atoms with Crippen molar-refractivity contribution in [2.24, 2.45) is 0 Å².